The smallest absolute Gasteiger partial charge is 0.0371 e. The fraction of sp³-hybridized carbons (Fsp3) is 0.600. The van der Waals surface area contributed by atoms with Gasteiger partial charge in [0, 0.05) is 24.8 Å². The Morgan fingerprint density at radius 2 is 1.82 bits per heavy atom. The number of rotatable bonds is 2. The zero-order valence-corrected chi connectivity index (χ0v) is 11.5. The van der Waals surface area contributed by atoms with Crippen molar-refractivity contribution in [1.29, 1.82) is 0 Å². The maximum Gasteiger partial charge on any atom is 0.0371 e. The molecular weight excluding hydrogens is 208 g/mol. The van der Waals surface area contributed by atoms with Crippen molar-refractivity contribution in [2.45, 2.75) is 45.7 Å². The molecule has 0 saturated carbocycles. The molecule has 2 rings (SSSR count). The van der Waals surface area contributed by atoms with Gasteiger partial charge in [0.05, 0.1) is 0 Å². The number of anilines is 1. The Labute approximate surface area is 105 Å². The summed E-state index contributed by atoms with van der Waals surface area (Å²) in [7, 11) is 2.23. The van der Waals surface area contributed by atoms with Crippen molar-refractivity contribution in [3.63, 3.8) is 0 Å². The first kappa shape index (κ1) is 12.4. The Morgan fingerprint density at radius 3 is 2.41 bits per heavy atom. The Balaban J connectivity index is 2.15. The molecule has 0 spiro atoms. The van der Waals surface area contributed by atoms with Gasteiger partial charge in [0.2, 0.25) is 0 Å². The van der Waals surface area contributed by atoms with Crippen LogP contribution in [-0.2, 0) is 0 Å². The minimum atomic E-state index is 0.641. The van der Waals surface area contributed by atoms with E-state index in [1.54, 1.807) is 0 Å². The highest BCUT2D eigenvalue weighted by molar-refractivity contribution is 5.51. The summed E-state index contributed by atoms with van der Waals surface area (Å²) in [6, 6.07) is 8.14. The minimum absolute atomic E-state index is 0.641. The lowest BCUT2D eigenvalue weighted by Gasteiger charge is -2.36. The van der Waals surface area contributed by atoms with Gasteiger partial charge in [0.1, 0.15) is 0 Å². The number of nitrogens with one attached hydrogen (secondary N) is 1. The third kappa shape index (κ3) is 3.01. The van der Waals surface area contributed by atoms with Gasteiger partial charge in [-0.2, -0.15) is 0 Å². The largest absolute Gasteiger partial charge is 0.371 e. The standard InChI is InChI=1S/C15H24N2/c1-11-7-12(2)9-15(8-11)17(4)14-5-6-16-13(3)10-14/h7-9,13-14,16H,5-6,10H2,1-4H3. The Morgan fingerprint density at radius 1 is 1.18 bits per heavy atom. The lowest BCUT2D eigenvalue weighted by molar-refractivity contribution is 0.371. The van der Waals surface area contributed by atoms with Gasteiger partial charge >= 0.3 is 0 Å². The summed E-state index contributed by atoms with van der Waals surface area (Å²) < 4.78 is 0. The van der Waals surface area contributed by atoms with Gasteiger partial charge in [-0.05, 0) is 63.4 Å². The Bertz CT molecular complexity index is 366. The van der Waals surface area contributed by atoms with Crippen molar-refractivity contribution in [2.24, 2.45) is 0 Å². The predicted octanol–water partition coefficient (Wildman–Crippen LogP) is 2.88. The molecule has 1 aromatic rings. The summed E-state index contributed by atoms with van der Waals surface area (Å²) in [5.41, 5.74) is 4.07. The van der Waals surface area contributed by atoms with E-state index < -0.39 is 0 Å². The van der Waals surface area contributed by atoms with E-state index in [1.807, 2.05) is 0 Å². The van der Waals surface area contributed by atoms with Crippen LogP contribution >= 0.6 is 0 Å². The molecule has 1 N–H and O–H groups in total. The number of hydrogen-bond donors (Lipinski definition) is 1. The number of benzene rings is 1. The molecule has 0 aliphatic carbocycles. The van der Waals surface area contributed by atoms with Crippen molar-refractivity contribution >= 4 is 5.69 Å². The van der Waals surface area contributed by atoms with E-state index in [0.717, 1.165) is 6.54 Å². The summed E-state index contributed by atoms with van der Waals surface area (Å²) in [4.78, 5) is 2.46. The first-order chi connectivity index (χ1) is 8.06. The second kappa shape index (κ2) is 5.09. The van der Waals surface area contributed by atoms with Crippen LogP contribution in [0.2, 0.25) is 0 Å². The molecule has 0 amide bonds. The first-order valence-corrected chi connectivity index (χ1v) is 6.61. The average molecular weight is 232 g/mol. The van der Waals surface area contributed by atoms with E-state index in [9.17, 15) is 0 Å². The quantitative estimate of drug-likeness (QED) is 0.843. The molecule has 2 atom stereocenters. The normalized spacial score (nSPS) is 24.7. The van der Waals surface area contributed by atoms with Crippen molar-refractivity contribution in [2.75, 3.05) is 18.5 Å². The van der Waals surface area contributed by atoms with Crippen LogP contribution in [0, 0.1) is 13.8 Å². The van der Waals surface area contributed by atoms with Crippen LogP contribution in [0.25, 0.3) is 0 Å². The van der Waals surface area contributed by atoms with Crippen LogP contribution in [0.1, 0.15) is 30.9 Å². The number of aryl methyl sites for hydroxylation is 2. The molecule has 0 bridgehead atoms. The molecule has 1 aromatic carbocycles. The average Bonchev–Trinajstić information content (AvgIpc) is 2.26. The second-order valence-electron chi connectivity index (χ2n) is 5.49. The molecule has 1 fully saturated rings. The third-order valence-electron chi connectivity index (χ3n) is 3.76. The zero-order chi connectivity index (χ0) is 12.4. The number of piperidine rings is 1. The fourth-order valence-electron chi connectivity index (χ4n) is 2.82. The van der Waals surface area contributed by atoms with E-state index in [-0.39, 0.29) is 0 Å². The van der Waals surface area contributed by atoms with Crippen LogP contribution < -0.4 is 10.2 Å². The van der Waals surface area contributed by atoms with Gasteiger partial charge in [-0.3, -0.25) is 0 Å². The molecule has 2 heteroatoms. The van der Waals surface area contributed by atoms with E-state index in [1.165, 1.54) is 29.7 Å². The lowest BCUT2D eigenvalue weighted by Crippen LogP contribution is -2.45. The maximum atomic E-state index is 3.51. The van der Waals surface area contributed by atoms with Gasteiger partial charge in [-0.15, -0.1) is 0 Å². The topological polar surface area (TPSA) is 15.3 Å². The first-order valence-electron chi connectivity index (χ1n) is 6.61. The molecule has 1 aliphatic heterocycles. The van der Waals surface area contributed by atoms with Gasteiger partial charge in [-0.1, -0.05) is 6.07 Å². The SMILES string of the molecule is Cc1cc(C)cc(N(C)C2CCNC(C)C2)c1. The minimum Gasteiger partial charge on any atom is -0.371 e. The predicted molar refractivity (Wildman–Crippen MR) is 74.8 cm³/mol. The molecule has 17 heavy (non-hydrogen) atoms. The maximum absolute atomic E-state index is 3.51. The Hall–Kier alpha value is -1.02. The van der Waals surface area contributed by atoms with Crippen LogP contribution in [-0.4, -0.2) is 25.7 Å². The van der Waals surface area contributed by atoms with Gasteiger partial charge in [0.25, 0.3) is 0 Å². The monoisotopic (exact) mass is 232 g/mol. The summed E-state index contributed by atoms with van der Waals surface area (Å²) in [6.07, 6.45) is 2.48. The van der Waals surface area contributed by atoms with Crippen LogP contribution in [0.15, 0.2) is 18.2 Å². The number of hydrogen-bond acceptors (Lipinski definition) is 2. The van der Waals surface area contributed by atoms with Crippen molar-refractivity contribution < 1.29 is 0 Å². The second-order valence-corrected chi connectivity index (χ2v) is 5.49. The molecule has 0 radical (unpaired) electrons. The highest BCUT2D eigenvalue weighted by atomic mass is 15.1. The Kier molecular flexibility index (Phi) is 3.72. The van der Waals surface area contributed by atoms with Crippen LogP contribution in [0.4, 0.5) is 5.69 Å². The van der Waals surface area contributed by atoms with E-state index >= 15 is 0 Å². The van der Waals surface area contributed by atoms with Crippen molar-refractivity contribution in [3.8, 4) is 0 Å². The van der Waals surface area contributed by atoms with Crippen molar-refractivity contribution in [3.05, 3.63) is 29.3 Å². The van der Waals surface area contributed by atoms with E-state index in [0.29, 0.717) is 12.1 Å². The van der Waals surface area contributed by atoms with Crippen molar-refractivity contribution in [1.82, 2.24) is 5.32 Å². The van der Waals surface area contributed by atoms with Gasteiger partial charge in [-0.25, -0.2) is 0 Å². The fourth-order valence-corrected chi connectivity index (χ4v) is 2.82. The molecule has 2 nitrogen and oxygen atoms in total. The molecule has 2 unspecified atom stereocenters. The third-order valence-corrected chi connectivity index (χ3v) is 3.76. The summed E-state index contributed by atoms with van der Waals surface area (Å²) in [5.74, 6) is 0. The molecule has 94 valence electrons. The summed E-state index contributed by atoms with van der Waals surface area (Å²) >= 11 is 0. The lowest BCUT2D eigenvalue weighted by atomic mass is 9.98. The zero-order valence-electron chi connectivity index (χ0n) is 11.5. The van der Waals surface area contributed by atoms with E-state index in [2.05, 4.69) is 56.2 Å². The van der Waals surface area contributed by atoms with Crippen LogP contribution in [0.3, 0.4) is 0 Å². The van der Waals surface area contributed by atoms with Crippen LogP contribution in [0.5, 0.6) is 0 Å². The highest BCUT2D eigenvalue weighted by Gasteiger charge is 2.22. The molecule has 1 aliphatic rings. The molecule has 0 aromatic heterocycles. The summed E-state index contributed by atoms with van der Waals surface area (Å²) in [5, 5.41) is 3.51. The number of nitrogens with zero attached hydrogens (tertiary/aromatic N) is 1. The molecule has 1 saturated heterocycles. The van der Waals surface area contributed by atoms with Gasteiger partial charge in [0.15, 0.2) is 0 Å². The van der Waals surface area contributed by atoms with Gasteiger partial charge < -0.3 is 10.2 Å². The molecule has 1 heterocycles. The summed E-state index contributed by atoms with van der Waals surface area (Å²) in [6.45, 7) is 7.77. The highest BCUT2D eigenvalue weighted by Crippen LogP contribution is 2.23. The van der Waals surface area contributed by atoms with E-state index in [4.69, 9.17) is 0 Å². The molecular formula is C15H24N2.